The molecule has 0 amide bonds. The van der Waals surface area contributed by atoms with E-state index in [2.05, 4.69) is 98.7 Å². The lowest BCUT2D eigenvalue weighted by atomic mass is 9.73. The molecule has 0 radical (unpaired) electrons. The molecule has 2 aliphatic heterocycles. The van der Waals surface area contributed by atoms with Crippen LogP contribution < -0.4 is 9.80 Å². The molecule has 536 valence electrons. The van der Waals surface area contributed by atoms with E-state index in [1.807, 2.05) is 173 Å². The molecular weight excluding hydrogens is 1320 g/mol. The quantitative estimate of drug-likeness (QED) is 0.151. The molecule has 0 saturated carbocycles. The van der Waals surface area contributed by atoms with E-state index in [0.717, 1.165) is 33.4 Å². The summed E-state index contributed by atoms with van der Waals surface area (Å²) in [7, 11) is 0. The molecule has 2 aromatic heterocycles. The second-order valence-electron chi connectivity index (χ2n) is 34.9. The van der Waals surface area contributed by atoms with E-state index in [-0.39, 0.29) is 161 Å². The Morgan fingerprint density at radius 2 is 0.633 bits per heavy atom. The predicted octanol–water partition coefficient (Wildman–Crippen LogP) is 28.6. The number of benzene rings is 13. The van der Waals surface area contributed by atoms with Gasteiger partial charge in [-0.25, -0.2) is 0 Å². The first kappa shape index (κ1) is 49.5. The van der Waals surface area contributed by atoms with Crippen LogP contribution in [0, 0.1) is 0 Å². The maximum atomic E-state index is 12.0. The molecule has 19 rings (SSSR count). The van der Waals surface area contributed by atoms with E-state index in [0.29, 0.717) is 56.1 Å². The summed E-state index contributed by atoms with van der Waals surface area (Å²) in [6, 6.07) is 43.5. The molecule has 2 aliphatic carbocycles. The standard InChI is InChI=1S/C105H96N4/c1-101(2,3)70-46-44-68-52-91-95(81(68)54-70)77-40-28-30-42-87(77)106(91)75-48-50-79-89(62-75)108(99-83(64-32-20-16-21-33-64)56-72(103(7,8)9)57-84(99)65-34-22-17-23-35-65)93-60-74(105(13,14)15)61-94-98(93)97(79)80-51-49-76(107-88-43-31-29-41-78(88)96-82-55-71(102(4,5)6)47-45-69(82)53-92(96)107)63-90(80)109(94)100-85(66-36-24-18-25-37-66)58-73(104(10,11)12)59-86(100)67-38-26-19-27-39-67/h16-51,54-63,97H,52-53H2,1-15H3/i28D,29D,30D,31D,40D,41D,42D,43D,44D,45D,46D,47D,48D,49D,50D,51D,54D,55D,62D,63D. The van der Waals surface area contributed by atoms with Crippen LogP contribution in [0.15, 0.2) is 279 Å². The zero-order chi connectivity index (χ0) is 92.5. The summed E-state index contributed by atoms with van der Waals surface area (Å²) in [5.74, 6) is -1.54. The summed E-state index contributed by atoms with van der Waals surface area (Å²) < 4.78 is 211. The number of rotatable bonds is 8. The van der Waals surface area contributed by atoms with Crippen molar-refractivity contribution in [1.82, 2.24) is 9.13 Å². The van der Waals surface area contributed by atoms with Crippen LogP contribution in [-0.4, -0.2) is 9.13 Å². The molecule has 4 heteroatoms. The van der Waals surface area contributed by atoms with Crippen LogP contribution in [0.4, 0.5) is 34.1 Å². The highest BCUT2D eigenvalue weighted by Gasteiger charge is 2.46. The van der Waals surface area contributed by atoms with Crippen LogP contribution in [0.2, 0.25) is 0 Å². The molecule has 4 aliphatic rings. The second-order valence-corrected chi connectivity index (χ2v) is 34.9. The highest BCUT2D eigenvalue weighted by Crippen LogP contribution is 2.66. The highest BCUT2D eigenvalue weighted by atomic mass is 15.2. The molecule has 4 nitrogen and oxygen atoms in total. The van der Waals surface area contributed by atoms with Gasteiger partial charge in [-0.15, -0.1) is 0 Å². The zero-order valence-corrected chi connectivity index (χ0v) is 64.3. The molecule has 4 heterocycles. The molecule has 0 saturated heterocycles. The molecule has 13 aromatic carbocycles. The minimum atomic E-state index is -1.54. The third kappa shape index (κ3) is 11.0. The number of para-hydroxylation sites is 2. The first-order valence-electron chi connectivity index (χ1n) is 47.8. The smallest absolute Gasteiger partial charge is 0.0667 e. The van der Waals surface area contributed by atoms with Crippen molar-refractivity contribution in [3.05, 3.63) is 346 Å². The Labute approximate surface area is 672 Å². The third-order valence-corrected chi connectivity index (χ3v) is 22.5. The van der Waals surface area contributed by atoms with E-state index in [1.165, 1.54) is 9.13 Å². The van der Waals surface area contributed by atoms with Crippen molar-refractivity contribution in [3.8, 4) is 78.1 Å². The van der Waals surface area contributed by atoms with Gasteiger partial charge >= 0.3 is 0 Å². The van der Waals surface area contributed by atoms with E-state index < -0.39 is 118 Å². The summed E-state index contributed by atoms with van der Waals surface area (Å²) in [6.45, 7) is 30.1. The maximum Gasteiger partial charge on any atom is 0.0667 e. The van der Waals surface area contributed by atoms with Gasteiger partial charge < -0.3 is 18.9 Å². The Morgan fingerprint density at radius 1 is 0.312 bits per heavy atom. The Kier molecular flexibility index (Phi) is 11.1. The number of fused-ring (bicyclic) bond motifs is 14. The van der Waals surface area contributed by atoms with Crippen LogP contribution >= 0.6 is 0 Å². The fraction of sp³-hybridized carbons (Fsp3) is 0.219. The van der Waals surface area contributed by atoms with Crippen molar-refractivity contribution in [3.63, 3.8) is 0 Å². The fourth-order valence-corrected chi connectivity index (χ4v) is 16.7. The number of nitrogens with zero attached hydrogens (tertiary/aromatic N) is 4. The van der Waals surface area contributed by atoms with Crippen molar-refractivity contribution in [2.75, 3.05) is 9.80 Å². The molecule has 0 fully saturated rings. The second kappa shape index (κ2) is 24.5. The van der Waals surface area contributed by atoms with Crippen LogP contribution in [0.5, 0.6) is 0 Å². The van der Waals surface area contributed by atoms with Crippen molar-refractivity contribution in [2.24, 2.45) is 0 Å². The van der Waals surface area contributed by atoms with E-state index in [1.54, 1.807) is 0 Å². The maximum absolute atomic E-state index is 12.0. The minimum absolute atomic E-state index is 0.0228. The van der Waals surface area contributed by atoms with Gasteiger partial charge in [-0.2, -0.15) is 0 Å². The average molecular weight is 1430 g/mol. The van der Waals surface area contributed by atoms with E-state index >= 15 is 0 Å². The van der Waals surface area contributed by atoms with Gasteiger partial charge in [0.25, 0.3) is 0 Å². The lowest BCUT2D eigenvalue weighted by molar-refractivity contribution is 0.589. The van der Waals surface area contributed by atoms with Gasteiger partial charge in [0.15, 0.2) is 0 Å². The van der Waals surface area contributed by atoms with Gasteiger partial charge in [0.1, 0.15) is 0 Å². The normalized spacial score (nSPS) is 16.4. The molecule has 0 spiro atoms. The number of hydrogen-bond acceptors (Lipinski definition) is 2. The molecule has 0 N–H and O–H groups in total. The van der Waals surface area contributed by atoms with Crippen molar-refractivity contribution >= 4 is 55.9 Å². The van der Waals surface area contributed by atoms with Gasteiger partial charge in [-0.3, -0.25) is 0 Å². The molecular formula is C105H96N4. The summed E-state index contributed by atoms with van der Waals surface area (Å²) in [5.41, 5.74) is 7.66. The Balaban J connectivity index is 1.07. The largest absolute Gasteiger partial charge is 0.313 e. The predicted molar refractivity (Wildman–Crippen MR) is 462 cm³/mol. The van der Waals surface area contributed by atoms with Crippen molar-refractivity contribution in [1.29, 1.82) is 0 Å². The number of anilines is 6. The van der Waals surface area contributed by atoms with E-state index in [4.69, 9.17) is 0 Å². The average Bonchev–Trinajstić information content (AvgIpc) is 1.55. The monoisotopic (exact) mass is 1430 g/mol. The summed E-state index contributed by atoms with van der Waals surface area (Å²) in [5, 5.41) is -0.112. The van der Waals surface area contributed by atoms with Gasteiger partial charge in [-0.1, -0.05) is 310 Å². The first-order valence-corrected chi connectivity index (χ1v) is 37.8. The van der Waals surface area contributed by atoms with Gasteiger partial charge in [0.05, 0.1) is 72.6 Å². The van der Waals surface area contributed by atoms with Gasteiger partial charge in [0, 0.05) is 91.2 Å². The Morgan fingerprint density at radius 3 is 0.963 bits per heavy atom. The van der Waals surface area contributed by atoms with Gasteiger partial charge in [0.2, 0.25) is 0 Å². The number of aromatic nitrogens is 2. The molecule has 0 bridgehead atoms. The Hall–Kier alpha value is -11.5. The molecule has 109 heavy (non-hydrogen) atoms. The SMILES string of the molecule is [2H]c1c([2H])c(C(C)(C)C)c([2H])c2c1Cc1c-2c2c([2H])c([2H])c([2H])c([2H])c2n1-c1c([2H])c([2H])c2c(c1[2H])N(c1c(-c3ccccc3)cc(C(C)(C)C)cc1-c1ccccc1)c1cc(C(C)(C)C)cc3c1C2c1c([2H])c([2H])c(-n2c4c(c5c([2H])c([2H])c([2H])c([2H])c52)-c2c([2H])c(C(C)(C)C)c([2H])c([2H])c2C4)c([2H])c1N3c1c(-c2ccccc2)cc(C(C)(C)C)cc1-c1ccccc1. The van der Waals surface area contributed by atoms with Crippen molar-refractivity contribution < 1.29 is 27.4 Å². The van der Waals surface area contributed by atoms with Crippen LogP contribution in [0.3, 0.4) is 0 Å². The van der Waals surface area contributed by atoms with Crippen molar-refractivity contribution in [2.45, 2.75) is 150 Å². The zero-order valence-electron chi connectivity index (χ0n) is 84.3. The molecule has 0 unspecified atom stereocenters. The van der Waals surface area contributed by atoms with Crippen LogP contribution in [0.25, 0.3) is 99.9 Å². The summed E-state index contributed by atoms with van der Waals surface area (Å²) in [4.78, 5) is 4.03. The van der Waals surface area contributed by atoms with Crippen LogP contribution in [0.1, 0.15) is 204 Å². The Bertz CT molecular complexity index is 6930. The molecule has 15 aromatic rings. The van der Waals surface area contributed by atoms with Crippen LogP contribution in [-0.2, 0) is 39.9 Å². The minimum Gasteiger partial charge on any atom is -0.313 e. The molecule has 0 atom stereocenters. The summed E-state index contributed by atoms with van der Waals surface area (Å²) >= 11 is 0. The lowest BCUT2D eigenvalue weighted by Gasteiger charge is -2.47. The fourth-order valence-electron chi connectivity index (χ4n) is 16.7. The number of hydrogen-bond donors (Lipinski definition) is 0. The lowest BCUT2D eigenvalue weighted by Crippen LogP contribution is -2.31. The first-order chi connectivity index (χ1) is 60.6. The summed E-state index contributed by atoms with van der Waals surface area (Å²) in [6.07, 6.45) is -0.496. The van der Waals surface area contributed by atoms with E-state index in [9.17, 15) is 27.4 Å². The highest BCUT2D eigenvalue weighted by molar-refractivity contribution is 6.09. The third-order valence-electron chi connectivity index (χ3n) is 22.5. The van der Waals surface area contributed by atoms with Gasteiger partial charge in [-0.05, 0) is 183 Å². The topological polar surface area (TPSA) is 16.3 Å².